The van der Waals surface area contributed by atoms with E-state index in [1.807, 2.05) is 0 Å². The molecule has 0 aliphatic heterocycles. The van der Waals surface area contributed by atoms with Crippen LogP contribution in [0.1, 0.15) is 74.9 Å². The van der Waals surface area contributed by atoms with Crippen LogP contribution in [0.3, 0.4) is 0 Å². The summed E-state index contributed by atoms with van der Waals surface area (Å²) >= 11 is 0. The van der Waals surface area contributed by atoms with Crippen LogP contribution in [0.15, 0.2) is 152 Å². The predicted octanol–water partition coefficient (Wildman–Crippen LogP) is 13.7. The summed E-state index contributed by atoms with van der Waals surface area (Å²) in [4.78, 5) is 2.55. The van der Waals surface area contributed by atoms with E-state index in [0.717, 1.165) is 0 Å². The van der Waals surface area contributed by atoms with Gasteiger partial charge in [-0.25, -0.2) is 0 Å². The predicted molar refractivity (Wildman–Crippen MR) is 219 cm³/mol. The Morgan fingerprint density at radius 1 is 0.327 bits per heavy atom. The van der Waals surface area contributed by atoms with Gasteiger partial charge in [-0.05, 0) is 109 Å². The van der Waals surface area contributed by atoms with Crippen LogP contribution < -0.4 is 4.90 Å². The third kappa shape index (κ3) is 4.17. The fraction of sp³-hybridized carbons (Fsp3) is 0.176. The molecule has 1 heteroatoms. The Labute approximate surface area is 308 Å². The molecule has 0 amide bonds. The van der Waals surface area contributed by atoms with E-state index in [-0.39, 0.29) is 16.2 Å². The molecule has 0 N–H and O–H groups in total. The molecule has 0 bridgehead atoms. The minimum absolute atomic E-state index is 0.104. The van der Waals surface area contributed by atoms with Crippen molar-refractivity contribution in [3.63, 3.8) is 0 Å². The first-order chi connectivity index (χ1) is 25.1. The molecule has 52 heavy (non-hydrogen) atoms. The zero-order chi connectivity index (χ0) is 35.6. The standard InChI is InChI=1S/C51H43N/c1-49(2)43-28-23-33(32-15-8-7-9-16-32)29-40(43)48-44(49)21-14-22-47(48)52(34-24-26-38-36-17-10-12-19-41(36)50(3,4)45(38)30-34)35-25-27-39-37-18-11-13-20-42(37)51(5,6)46(39)31-35/h7-31H,1-6H3. The molecule has 3 aliphatic rings. The monoisotopic (exact) mass is 669 g/mol. The molecule has 0 saturated carbocycles. The van der Waals surface area contributed by atoms with Gasteiger partial charge in [0.1, 0.15) is 0 Å². The highest BCUT2D eigenvalue weighted by Crippen LogP contribution is 2.57. The van der Waals surface area contributed by atoms with Crippen LogP contribution in [0, 0.1) is 0 Å². The van der Waals surface area contributed by atoms with Crippen molar-refractivity contribution in [1.82, 2.24) is 0 Å². The van der Waals surface area contributed by atoms with Gasteiger partial charge in [-0.2, -0.15) is 0 Å². The first-order valence-electron chi connectivity index (χ1n) is 18.7. The van der Waals surface area contributed by atoms with Crippen LogP contribution in [0.2, 0.25) is 0 Å². The summed E-state index contributed by atoms with van der Waals surface area (Å²) in [6, 6.07) is 57.2. The van der Waals surface area contributed by atoms with E-state index < -0.39 is 0 Å². The normalized spacial score (nSPS) is 16.0. The minimum Gasteiger partial charge on any atom is -0.310 e. The molecule has 0 unspecified atom stereocenters. The summed E-state index contributed by atoms with van der Waals surface area (Å²) in [5, 5.41) is 0. The molecular formula is C51H43N. The first kappa shape index (κ1) is 31.1. The van der Waals surface area contributed by atoms with Crippen LogP contribution in [0.25, 0.3) is 44.5 Å². The largest absolute Gasteiger partial charge is 0.310 e. The number of hydrogen-bond donors (Lipinski definition) is 0. The highest BCUT2D eigenvalue weighted by atomic mass is 15.1. The summed E-state index contributed by atoms with van der Waals surface area (Å²) in [5.41, 5.74) is 22.1. The SMILES string of the molecule is CC1(C)c2ccccc2-c2ccc(N(c3ccc4c(c3)C(C)(C)c3ccccc3-4)c3cccc4c3-c3cc(-c5ccccc5)ccc3C4(C)C)cc21. The number of anilines is 3. The Kier molecular flexibility index (Phi) is 6.39. The van der Waals surface area contributed by atoms with Crippen LogP contribution in [0.5, 0.6) is 0 Å². The lowest BCUT2D eigenvalue weighted by Gasteiger charge is -2.31. The smallest absolute Gasteiger partial charge is 0.0543 e. The van der Waals surface area contributed by atoms with Crippen molar-refractivity contribution in [2.45, 2.75) is 57.8 Å². The quantitative estimate of drug-likeness (QED) is 0.180. The van der Waals surface area contributed by atoms with E-state index in [1.165, 1.54) is 95.0 Å². The molecule has 7 aromatic carbocycles. The highest BCUT2D eigenvalue weighted by molar-refractivity contribution is 5.97. The highest BCUT2D eigenvalue weighted by Gasteiger charge is 2.41. The van der Waals surface area contributed by atoms with Gasteiger partial charge >= 0.3 is 0 Å². The van der Waals surface area contributed by atoms with Crippen molar-refractivity contribution in [1.29, 1.82) is 0 Å². The van der Waals surface area contributed by atoms with E-state index in [1.54, 1.807) is 0 Å². The van der Waals surface area contributed by atoms with Crippen molar-refractivity contribution < 1.29 is 0 Å². The summed E-state index contributed by atoms with van der Waals surface area (Å²) in [6.45, 7) is 14.3. The Morgan fingerprint density at radius 2 is 0.808 bits per heavy atom. The van der Waals surface area contributed by atoms with E-state index in [2.05, 4.69) is 198 Å². The fourth-order valence-corrected chi connectivity index (χ4v) is 9.87. The average molecular weight is 670 g/mol. The zero-order valence-corrected chi connectivity index (χ0v) is 30.9. The van der Waals surface area contributed by atoms with Crippen molar-refractivity contribution in [3.05, 3.63) is 185 Å². The van der Waals surface area contributed by atoms with E-state index >= 15 is 0 Å². The zero-order valence-electron chi connectivity index (χ0n) is 30.9. The van der Waals surface area contributed by atoms with E-state index in [0.29, 0.717) is 0 Å². The van der Waals surface area contributed by atoms with Gasteiger partial charge in [0.05, 0.1) is 5.69 Å². The molecule has 3 aliphatic carbocycles. The Morgan fingerprint density at radius 3 is 1.40 bits per heavy atom. The lowest BCUT2D eigenvalue weighted by molar-refractivity contribution is 0.660. The summed E-state index contributed by atoms with van der Waals surface area (Å²) in [5.74, 6) is 0. The molecule has 0 heterocycles. The molecule has 0 saturated heterocycles. The fourth-order valence-electron chi connectivity index (χ4n) is 9.87. The average Bonchev–Trinajstić information content (AvgIpc) is 3.65. The molecule has 1 nitrogen and oxygen atoms in total. The van der Waals surface area contributed by atoms with Crippen LogP contribution in [0.4, 0.5) is 17.1 Å². The van der Waals surface area contributed by atoms with Gasteiger partial charge < -0.3 is 4.90 Å². The van der Waals surface area contributed by atoms with Crippen molar-refractivity contribution >= 4 is 17.1 Å². The molecule has 10 rings (SSSR count). The third-order valence-electron chi connectivity index (χ3n) is 12.7. The van der Waals surface area contributed by atoms with Gasteiger partial charge in [0.2, 0.25) is 0 Å². The first-order valence-corrected chi connectivity index (χ1v) is 18.7. The van der Waals surface area contributed by atoms with Crippen LogP contribution >= 0.6 is 0 Å². The Bertz CT molecular complexity index is 2490. The summed E-state index contributed by atoms with van der Waals surface area (Å²) < 4.78 is 0. The van der Waals surface area contributed by atoms with Gasteiger partial charge in [0.15, 0.2) is 0 Å². The molecule has 0 spiro atoms. The number of rotatable bonds is 4. The van der Waals surface area contributed by atoms with E-state index in [4.69, 9.17) is 0 Å². The minimum atomic E-state index is -0.134. The topological polar surface area (TPSA) is 3.24 Å². The van der Waals surface area contributed by atoms with Crippen molar-refractivity contribution in [2.75, 3.05) is 4.90 Å². The second-order valence-electron chi connectivity index (χ2n) is 16.6. The van der Waals surface area contributed by atoms with Crippen molar-refractivity contribution in [3.8, 4) is 44.5 Å². The van der Waals surface area contributed by atoms with Gasteiger partial charge in [-0.3, -0.25) is 0 Å². The Hall–Kier alpha value is -5.66. The maximum Gasteiger partial charge on any atom is 0.0543 e. The lowest BCUT2D eigenvalue weighted by Crippen LogP contribution is -2.18. The number of fused-ring (bicyclic) bond motifs is 9. The molecule has 0 atom stereocenters. The van der Waals surface area contributed by atoms with Crippen LogP contribution in [-0.4, -0.2) is 0 Å². The second-order valence-corrected chi connectivity index (χ2v) is 16.6. The molecular weight excluding hydrogens is 627 g/mol. The second kappa shape index (κ2) is 10.7. The van der Waals surface area contributed by atoms with E-state index in [9.17, 15) is 0 Å². The van der Waals surface area contributed by atoms with Gasteiger partial charge in [0, 0.05) is 33.2 Å². The Balaban J connectivity index is 1.23. The molecule has 7 aromatic rings. The molecule has 252 valence electrons. The maximum atomic E-state index is 2.55. The third-order valence-corrected chi connectivity index (χ3v) is 12.7. The summed E-state index contributed by atoms with van der Waals surface area (Å²) in [6.07, 6.45) is 0. The molecule has 0 aromatic heterocycles. The maximum absolute atomic E-state index is 2.55. The van der Waals surface area contributed by atoms with Gasteiger partial charge in [-0.15, -0.1) is 0 Å². The molecule has 0 fully saturated rings. The lowest BCUT2D eigenvalue weighted by atomic mass is 9.81. The van der Waals surface area contributed by atoms with Crippen LogP contribution in [-0.2, 0) is 16.2 Å². The number of hydrogen-bond acceptors (Lipinski definition) is 1. The molecule has 0 radical (unpaired) electrons. The van der Waals surface area contributed by atoms with Crippen molar-refractivity contribution in [2.24, 2.45) is 0 Å². The summed E-state index contributed by atoms with van der Waals surface area (Å²) in [7, 11) is 0. The van der Waals surface area contributed by atoms with Gasteiger partial charge in [0.25, 0.3) is 0 Å². The number of nitrogens with zero attached hydrogens (tertiary/aromatic N) is 1. The van der Waals surface area contributed by atoms with Gasteiger partial charge in [-0.1, -0.05) is 157 Å². The number of benzene rings is 7.